The van der Waals surface area contributed by atoms with Gasteiger partial charge in [0.05, 0.1) is 12.1 Å². The number of hydrogen-bond donors (Lipinski definition) is 2. The van der Waals surface area contributed by atoms with E-state index >= 15 is 0 Å². The molecule has 1 fully saturated rings. The van der Waals surface area contributed by atoms with Gasteiger partial charge in [-0.15, -0.1) is 5.92 Å². The Balaban J connectivity index is 2.25. The van der Waals surface area contributed by atoms with Gasteiger partial charge < -0.3 is 11.1 Å². The van der Waals surface area contributed by atoms with Gasteiger partial charge in [0.15, 0.2) is 0 Å². The van der Waals surface area contributed by atoms with Crippen molar-refractivity contribution in [3.63, 3.8) is 0 Å². The Kier molecular flexibility index (Phi) is 2.16. The first kappa shape index (κ1) is 8.09. The second kappa shape index (κ2) is 2.93. The molecule has 0 aromatic rings. The molecule has 1 rings (SSSR count). The molecule has 0 aliphatic heterocycles. The summed E-state index contributed by atoms with van der Waals surface area (Å²) in [5.41, 5.74) is 5.05. The van der Waals surface area contributed by atoms with Crippen LogP contribution in [0.15, 0.2) is 0 Å². The Hall–Kier alpha value is -1.01. The normalized spacial score (nSPS) is 18.0. The van der Waals surface area contributed by atoms with Crippen molar-refractivity contribution in [1.29, 1.82) is 0 Å². The molecule has 3 N–H and O–H groups in total. The molecule has 0 atom stereocenters. The summed E-state index contributed by atoms with van der Waals surface area (Å²) >= 11 is 0. The predicted octanol–water partition coefficient (Wildman–Crippen LogP) is -0.383. The molecule has 3 nitrogen and oxygen atoms in total. The van der Waals surface area contributed by atoms with E-state index in [1.807, 2.05) is 0 Å². The maximum atomic E-state index is 11.1. The molecule has 3 heteroatoms. The maximum Gasteiger partial charge on any atom is 0.240 e. The van der Waals surface area contributed by atoms with E-state index in [4.69, 9.17) is 5.73 Å². The fraction of sp³-hybridized carbons (Fsp3) is 0.625. The highest BCUT2D eigenvalue weighted by Gasteiger charge is 2.45. The fourth-order valence-corrected chi connectivity index (χ4v) is 0.751. The Labute approximate surface area is 66.3 Å². The van der Waals surface area contributed by atoms with Crippen LogP contribution in [0.25, 0.3) is 0 Å². The van der Waals surface area contributed by atoms with E-state index in [0.717, 1.165) is 12.8 Å². The van der Waals surface area contributed by atoms with Crippen molar-refractivity contribution in [3.8, 4) is 11.8 Å². The van der Waals surface area contributed by atoms with Crippen LogP contribution in [0.4, 0.5) is 0 Å². The second-order valence-electron chi connectivity index (χ2n) is 2.77. The molecule has 0 heterocycles. The highest BCUT2D eigenvalue weighted by molar-refractivity contribution is 5.89. The lowest BCUT2D eigenvalue weighted by Crippen LogP contribution is -2.42. The lowest BCUT2D eigenvalue weighted by atomic mass is 10.3. The summed E-state index contributed by atoms with van der Waals surface area (Å²) in [7, 11) is 0. The van der Waals surface area contributed by atoms with Crippen LogP contribution in [-0.4, -0.2) is 18.0 Å². The lowest BCUT2D eigenvalue weighted by molar-refractivity contribution is -0.122. The van der Waals surface area contributed by atoms with Gasteiger partial charge in [0.1, 0.15) is 0 Å². The van der Waals surface area contributed by atoms with Gasteiger partial charge in [0.25, 0.3) is 0 Å². The average Bonchev–Trinajstić information content (AvgIpc) is 2.70. The minimum Gasteiger partial charge on any atom is -0.344 e. The van der Waals surface area contributed by atoms with Crippen LogP contribution < -0.4 is 11.1 Å². The van der Waals surface area contributed by atoms with Gasteiger partial charge in [0.2, 0.25) is 5.91 Å². The molecule has 0 saturated heterocycles. The topological polar surface area (TPSA) is 55.1 Å². The number of carbonyl (C=O) groups excluding carboxylic acids is 1. The van der Waals surface area contributed by atoms with Crippen LogP contribution in [-0.2, 0) is 4.79 Å². The van der Waals surface area contributed by atoms with E-state index in [0.29, 0.717) is 6.54 Å². The summed E-state index contributed by atoms with van der Waals surface area (Å²) in [5.74, 6) is 5.36. The molecule has 1 aliphatic carbocycles. The van der Waals surface area contributed by atoms with Gasteiger partial charge in [-0.2, -0.15) is 0 Å². The summed E-state index contributed by atoms with van der Waals surface area (Å²) in [6, 6.07) is 0. The summed E-state index contributed by atoms with van der Waals surface area (Å²) in [4.78, 5) is 11.1. The van der Waals surface area contributed by atoms with Gasteiger partial charge in [0, 0.05) is 0 Å². The van der Waals surface area contributed by atoms with Crippen LogP contribution in [0.1, 0.15) is 19.8 Å². The van der Waals surface area contributed by atoms with Gasteiger partial charge >= 0.3 is 0 Å². The van der Waals surface area contributed by atoms with Crippen LogP contribution in [0.5, 0.6) is 0 Å². The number of carbonyl (C=O) groups is 1. The van der Waals surface area contributed by atoms with Crippen molar-refractivity contribution in [3.05, 3.63) is 0 Å². The van der Waals surface area contributed by atoms with E-state index in [9.17, 15) is 4.79 Å². The zero-order valence-corrected chi connectivity index (χ0v) is 6.61. The zero-order chi connectivity index (χ0) is 8.32. The zero-order valence-electron chi connectivity index (χ0n) is 6.61. The van der Waals surface area contributed by atoms with E-state index in [2.05, 4.69) is 17.2 Å². The molecule has 11 heavy (non-hydrogen) atoms. The van der Waals surface area contributed by atoms with Crippen molar-refractivity contribution >= 4 is 5.91 Å². The van der Waals surface area contributed by atoms with E-state index in [1.165, 1.54) is 0 Å². The van der Waals surface area contributed by atoms with Crippen molar-refractivity contribution in [2.24, 2.45) is 5.73 Å². The van der Waals surface area contributed by atoms with E-state index in [-0.39, 0.29) is 5.91 Å². The third-order valence-corrected chi connectivity index (χ3v) is 1.75. The van der Waals surface area contributed by atoms with E-state index in [1.54, 1.807) is 6.92 Å². The standard InChI is InChI=1S/C8H12N2O/c1-2-3-6-10-7(11)8(9)4-5-8/h4-6,9H2,1H3,(H,10,11). The van der Waals surface area contributed by atoms with Crippen LogP contribution in [0.2, 0.25) is 0 Å². The van der Waals surface area contributed by atoms with Crippen molar-refractivity contribution in [2.75, 3.05) is 6.54 Å². The molecule has 0 aromatic carbocycles. The number of nitrogens with one attached hydrogen (secondary N) is 1. The molecule has 1 saturated carbocycles. The van der Waals surface area contributed by atoms with Gasteiger partial charge in [-0.05, 0) is 19.8 Å². The number of nitrogens with two attached hydrogens (primary N) is 1. The van der Waals surface area contributed by atoms with Crippen LogP contribution in [0, 0.1) is 11.8 Å². The van der Waals surface area contributed by atoms with Crippen molar-refractivity contribution in [2.45, 2.75) is 25.3 Å². The molecular weight excluding hydrogens is 140 g/mol. The van der Waals surface area contributed by atoms with Crippen LogP contribution in [0.3, 0.4) is 0 Å². The SMILES string of the molecule is CC#CCNC(=O)C1(N)CC1. The molecule has 0 bridgehead atoms. The van der Waals surface area contributed by atoms with Gasteiger partial charge in [-0.1, -0.05) is 5.92 Å². The Morgan fingerprint density at radius 2 is 2.36 bits per heavy atom. The Morgan fingerprint density at radius 1 is 1.73 bits per heavy atom. The Morgan fingerprint density at radius 3 is 2.82 bits per heavy atom. The van der Waals surface area contributed by atoms with E-state index < -0.39 is 5.54 Å². The monoisotopic (exact) mass is 152 g/mol. The van der Waals surface area contributed by atoms with Gasteiger partial charge in [-0.3, -0.25) is 4.79 Å². The third kappa shape index (κ3) is 1.95. The predicted molar refractivity (Wildman–Crippen MR) is 42.6 cm³/mol. The second-order valence-corrected chi connectivity index (χ2v) is 2.77. The quantitative estimate of drug-likeness (QED) is 0.530. The highest BCUT2D eigenvalue weighted by atomic mass is 16.2. The Bertz CT molecular complexity index is 220. The minimum atomic E-state index is -0.560. The number of rotatable bonds is 2. The first-order valence-electron chi connectivity index (χ1n) is 3.66. The number of amides is 1. The minimum absolute atomic E-state index is 0.0692. The highest BCUT2D eigenvalue weighted by Crippen LogP contribution is 2.31. The first-order chi connectivity index (χ1) is 5.19. The molecule has 0 aromatic heterocycles. The maximum absolute atomic E-state index is 11.1. The molecule has 0 radical (unpaired) electrons. The summed E-state index contributed by atoms with van der Waals surface area (Å²) in [6.45, 7) is 2.15. The average molecular weight is 152 g/mol. The summed E-state index contributed by atoms with van der Waals surface area (Å²) in [6.07, 6.45) is 1.61. The largest absolute Gasteiger partial charge is 0.344 e. The van der Waals surface area contributed by atoms with Crippen molar-refractivity contribution < 1.29 is 4.79 Å². The van der Waals surface area contributed by atoms with Crippen LogP contribution >= 0.6 is 0 Å². The molecule has 0 unspecified atom stereocenters. The lowest BCUT2D eigenvalue weighted by Gasteiger charge is -2.06. The molecule has 1 amide bonds. The summed E-state index contributed by atoms with van der Waals surface area (Å²) in [5, 5.41) is 2.65. The molecular formula is C8H12N2O. The van der Waals surface area contributed by atoms with Crippen molar-refractivity contribution in [1.82, 2.24) is 5.32 Å². The fourth-order valence-electron chi connectivity index (χ4n) is 0.751. The molecule has 0 spiro atoms. The number of hydrogen-bond acceptors (Lipinski definition) is 2. The first-order valence-corrected chi connectivity index (χ1v) is 3.66. The molecule has 60 valence electrons. The summed E-state index contributed by atoms with van der Waals surface area (Å²) < 4.78 is 0. The smallest absolute Gasteiger partial charge is 0.240 e. The third-order valence-electron chi connectivity index (χ3n) is 1.75. The van der Waals surface area contributed by atoms with Gasteiger partial charge in [-0.25, -0.2) is 0 Å². The molecule has 1 aliphatic rings.